The number of H-pyrrole nitrogens is 1. The minimum absolute atomic E-state index is 0.135. The molecule has 0 spiro atoms. The highest BCUT2D eigenvalue weighted by Crippen LogP contribution is 2.32. The molecule has 1 fully saturated rings. The predicted molar refractivity (Wildman–Crippen MR) is 108 cm³/mol. The summed E-state index contributed by atoms with van der Waals surface area (Å²) in [6.45, 7) is 5.24. The maximum Gasteiger partial charge on any atom is 0.270 e. The van der Waals surface area contributed by atoms with Crippen molar-refractivity contribution in [2.24, 2.45) is 0 Å². The fourth-order valence-electron chi connectivity index (χ4n) is 3.44. The largest absolute Gasteiger partial charge is 0.348 e. The number of nitrogens with zero attached hydrogens (tertiary/aromatic N) is 3. The summed E-state index contributed by atoms with van der Waals surface area (Å²) in [4.78, 5) is 19.5. The Labute approximate surface area is 166 Å². The van der Waals surface area contributed by atoms with Crippen LogP contribution in [0.5, 0.6) is 0 Å². The van der Waals surface area contributed by atoms with E-state index in [0.29, 0.717) is 10.7 Å². The Morgan fingerprint density at radius 3 is 2.79 bits per heavy atom. The molecule has 1 aromatic carbocycles. The molecular weight excluding hydrogens is 377 g/mol. The molecule has 28 heavy (non-hydrogen) atoms. The van der Waals surface area contributed by atoms with E-state index in [4.69, 9.17) is 0 Å². The van der Waals surface area contributed by atoms with Gasteiger partial charge in [-0.25, -0.2) is 9.37 Å². The van der Waals surface area contributed by atoms with Crippen LogP contribution >= 0.6 is 11.3 Å². The molecule has 1 amide bonds. The molecule has 1 aliphatic heterocycles. The lowest BCUT2D eigenvalue weighted by atomic mass is 10.1. The molecule has 3 aromatic rings. The Bertz CT molecular complexity index is 944. The van der Waals surface area contributed by atoms with Crippen LogP contribution in [0.2, 0.25) is 0 Å². The van der Waals surface area contributed by atoms with E-state index in [9.17, 15) is 9.18 Å². The molecule has 2 N–H and O–H groups in total. The first-order valence-electron chi connectivity index (χ1n) is 9.42. The standard InChI is InChI=1S/C20H22FN5OS/c1-2-26-9-7-15(8-10-26)23-19(27)17-12-28-20(24-17)16-11-22-25-18(16)13-3-5-14(21)6-4-13/h3-6,11-12,15H,2,7-10H2,1H3,(H,22,25)(H,23,27). The summed E-state index contributed by atoms with van der Waals surface area (Å²) in [6.07, 6.45) is 3.61. The van der Waals surface area contributed by atoms with Crippen LogP contribution in [0.3, 0.4) is 0 Å². The first-order chi connectivity index (χ1) is 13.6. The normalized spacial score (nSPS) is 15.6. The number of piperidine rings is 1. The molecule has 0 aliphatic carbocycles. The maximum atomic E-state index is 13.2. The van der Waals surface area contributed by atoms with Crippen LogP contribution in [0.25, 0.3) is 21.8 Å². The van der Waals surface area contributed by atoms with Crippen LogP contribution in [0, 0.1) is 5.82 Å². The van der Waals surface area contributed by atoms with Gasteiger partial charge in [0.05, 0.1) is 17.5 Å². The van der Waals surface area contributed by atoms with Gasteiger partial charge in [0.2, 0.25) is 0 Å². The minimum atomic E-state index is -0.289. The number of likely N-dealkylation sites (tertiary alicyclic amines) is 1. The molecule has 4 rings (SSSR count). The number of rotatable bonds is 5. The number of amides is 1. The number of aromatic nitrogens is 3. The summed E-state index contributed by atoms with van der Waals surface area (Å²) in [7, 11) is 0. The fourth-order valence-corrected chi connectivity index (χ4v) is 4.26. The highest BCUT2D eigenvalue weighted by atomic mass is 32.1. The van der Waals surface area contributed by atoms with E-state index in [2.05, 4.69) is 32.3 Å². The Balaban J connectivity index is 1.47. The zero-order valence-electron chi connectivity index (χ0n) is 15.6. The highest BCUT2D eigenvalue weighted by molar-refractivity contribution is 7.13. The maximum absolute atomic E-state index is 13.2. The van der Waals surface area contributed by atoms with E-state index in [0.717, 1.165) is 49.3 Å². The second-order valence-corrected chi connectivity index (χ2v) is 7.74. The van der Waals surface area contributed by atoms with Crippen molar-refractivity contribution in [2.75, 3.05) is 19.6 Å². The van der Waals surface area contributed by atoms with Crippen molar-refractivity contribution in [1.82, 2.24) is 25.4 Å². The third-order valence-electron chi connectivity index (χ3n) is 5.11. The fraction of sp³-hybridized carbons (Fsp3) is 0.350. The second kappa shape index (κ2) is 8.20. The van der Waals surface area contributed by atoms with Crippen LogP contribution in [0.15, 0.2) is 35.8 Å². The lowest BCUT2D eigenvalue weighted by Crippen LogP contribution is -2.44. The number of carbonyl (C=O) groups is 1. The SMILES string of the molecule is CCN1CCC(NC(=O)c2csc(-c3cn[nH]c3-c3ccc(F)cc3)n2)CC1. The van der Waals surface area contributed by atoms with Crippen LogP contribution in [-0.4, -0.2) is 51.7 Å². The average Bonchev–Trinajstić information content (AvgIpc) is 3.38. The lowest BCUT2D eigenvalue weighted by molar-refractivity contribution is 0.0908. The number of halogens is 1. The van der Waals surface area contributed by atoms with Crippen molar-refractivity contribution in [2.45, 2.75) is 25.8 Å². The summed E-state index contributed by atoms with van der Waals surface area (Å²) < 4.78 is 13.2. The number of benzene rings is 1. The number of aromatic amines is 1. The summed E-state index contributed by atoms with van der Waals surface area (Å²) in [5.41, 5.74) is 2.79. The molecule has 1 aliphatic rings. The van der Waals surface area contributed by atoms with Crippen LogP contribution < -0.4 is 5.32 Å². The van der Waals surface area contributed by atoms with Gasteiger partial charge in [0.25, 0.3) is 5.91 Å². The molecule has 8 heteroatoms. The Morgan fingerprint density at radius 1 is 1.32 bits per heavy atom. The van der Waals surface area contributed by atoms with Crippen molar-refractivity contribution >= 4 is 17.2 Å². The van der Waals surface area contributed by atoms with E-state index in [1.807, 2.05) is 0 Å². The molecule has 6 nitrogen and oxygen atoms in total. The van der Waals surface area contributed by atoms with Crippen LogP contribution in [-0.2, 0) is 0 Å². The molecule has 0 saturated carbocycles. The topological polar surface area (TPSA) is 73.9 Å². The van der Waals surface area contributed by atoms with Gasteiger partial charge in [-0.3, -0.25) is 9.89 Å². The predicted octanol–water partition coefficient (Wildman–Crippen LogP) is 3.55. The monoisotopic (exact) mass is 399 g/mol. The number of hydrogen-bond donors (Lipinski definition) is 2. The quantitative estimate of drug-likeness (QED) is 0.688. The third kappa shape index (κ3) is 3.98. The molecule has 0 atom stereocenters. The molecule has 0 unspecified atom stereocenters. The number of hydrogen-bond acceptors (Lipinski definition) is 5. The molecule has 3 heterocycles. The van der Waals surface area contributed by atoms with Gasteiger partial charge >= 0.3 is 0 Å². The smallest absolute Gasteiger partial charge is 0.270 e. The summed E-state index contributed by atoms with van der Waals surface area (Å²) in [6, 6.07) is 6.39. The average molecular weight is 399 g/mol. The highest BCUT2D eigenvalue weighted by Gasteiger charge is 2.22. The number of carbonyl (C=O) groups excluding carboxylic acids is 1. The van der Waals surface area contributed by atoms with E-state index in [1.54, 1.807) is 23.7 Å². The molecule has 2 aromatic heterocycles. The van der Waals surface area contributed by atoms with Crippen LogP contribution in [0.1, 0.15) is 30.3 Å². The number of nitrogens with one attached hydrogen (secondary N) is 2. The van der Waals surface area contributed by atoms with E-state index < -0.39 is 0 Å². The summed E-state index contributed by atoms with van der Waals surface area (Å²) in [5.74, 6) is -0.424. The van der Waals surface area contributed by atoms with Crippen molar-refractivity contribution in [1.29, 1.82) is 0 Å². The molecule has 0 bridgehead atoms. The Kier molecular flexibility index (Phi) is 5.50. The molecule has 0 radical (unpaired) electrons. The van der Waals surface area contributed by atoms with Gasteiger partial charge in [0, 0.05) is 30.1 Å². The van der Waals surface area contributed by atoms with Crippen LogP contribution in [0.4, 0.5) is 4.39 Å². The van der Waals surface area contributed by atoms with Crippen molar-refractivity contribution in [3.05, 3.63) is 47.4 Å². The minimum Gasteiger partial charge on any atom is -0.348 e. The van der Waals surface area contributed by atoms with Crippen molar-refractivity contribution in [3.8, 4) is 21.8 Å². The van der Waals surface area contributed by atoms with Gasteiger partial charge in [-0.05, 0) is 43.7 Å². The van der Waals surface area contributed by atoms with Crippen molar-refractivity contribution < 1.29 is 9.18 Å². The lowest BCUT2D eigenvalue weighted by Gasteiger charge is -2.31. The van der Waals surface area contributed by atoms with E-state index in [-0.39, 0.29) is 17.8 Å². The Morgan fingerprint density at radius 2 is 2.07 bits per heavy atom. The zero-order valence-corrected chi connectivity index (χ0v) is 16.4. The third-order valence-corrected chi connectivity index (χ3v) is 5.99. The zero-order chi connectivity index (χ0) is 19.5. The first kappa shape index (κ1) is 18.8. The molecular formula is C20H22FN5OS. The summed E-state index contributed by atoms with van der Waals surface area (Å²) >= 11 is 1.40. The van der Waals surface area contributed by atoms with E-state index in [1.165, 1.54) is 23.5 Å². The van der Waals surface area contributed by atoms with Gasteiger partial charge in [-0.15, -0.1) is 11.3 Å². The second-order valence-electron chi connectivity index (χ2n) is 6.89. The van der Waals surface area contributed by atoms with Crippen molar-refractivity contribution in [3.63, 3.8) is 0 Å². The summed E-state index contributed by atoms with van der Waals surface area (Å²) in [5, 5.41) is 12.6. The Hall–Kier alpha value is -2.58. The molecule has 1 saturated heterocycles. The number of thiazole rings is 1. The van der Waals surface area contributed by atoms with Gasteiger partial charge in [0.15, 0.2) is 0 Å². The first-order valence-corrected chi connectivity index (χ1v) is 10.3. The van der Waals surface area contributed by atoms with Gasteiger partial charge in [0.1, 0.15) is 16.5 Å². The van der Waals surface area contributed by atoms with E-state index >= 15 is 0 Å². The van der Waals surface area contributed by atoms with Gasteiger partial charge < -0.3 is 10.2 Å². The van der Waals surface area contributed by atoms with Gasteiger partial charge in [-0.1, -0.05) is 6.92 Å². The molecule has 146 valence electrons. The van der Waals surface area contributed by atoms with Gasteiger partial charge in [-0.2, -0.15) is 5.10 Å².